The maximum Gasteiger partial charge on any atom is 0.387 e. The van der Waals surface area contributed by atoms with E-state index in [2.05, 4.69) is 20.4 Å². The number of hydrogen-bond acceptors (Lipinski definition) is 4. The molecule has 1 heterocycles. The van der Waals surface area contributed by atoms with Gasteiger partial charge in [-0.1, -0.05) is 29.8 Å². The molecule has 8 heteroatoms. The third-order valence-electron chi connectivity index (χ3n) is 4.25. The monoisotopic (exact) mass is 386 g/mol. The molecule has 0 aliphatic carbocycles. The Morgan fingerprint density at radius 2 is 1.89 bits per heavy atom. The first kappa shape index (κ1) is 19.5. The van der Waals surface area contributed by atoms with E-state index in [0.717, 1.165) is 11.1 Å². The zero-order valence-electron chi connectivity index (χ0n) is 15.7. The zero-order chi connectivity index (χ0) is 20.3. The van der Waals surface area contributed by atoms with Crippen molar-refractivity contribution < 1.29 is 18.3 Å². The predicted molar refractivity (Wildman–Crippen MR) is 101 cm³/mol. The number of aryl methyl sites for hydroxylation is 2. The average molecular weight is 386 g/mol. The fraction of sp³-hybridized carbons (Fsp3) is 0.250. The number of nitrogens with one attached hydrogen (secondary N) is 1. The third kappa shape index (κ3) is 4.16. The van der Waals surface area contributed by atoms with E-state index in [-0.39, 0.29) is 17.4 Å². The van der Waals surface area contributed by atoms with Gasteiger partial charge < -0.3 is 10.1 Å². The molecular formula is C20H20F2N4O2. The molecule has 1 amide bonds. The van der Waals surface area contributed by atoms with Crippen LogP contribution in [0.15, 0.2) is 42.5 Å². The SMILES string of the molecule is CCc1c(C(=O)Nc2ccc(C)cc2C)nnn1-c1ccc(OC(F)F)cc1. The molecule has 0 fully saturated rings. The molecule has 1 N–H and O–H groups in total. The van der Waals surface area contributed by atoms with Gasteiger partial charge in [0.15, 0.2) is 5.69 Å². The normalized spacial score (nSPS) is 10.9. The number of halogens is 2. The van der Waals surface area contributed by atoms with Gasteiger partial charge in [-0.25, -0.2) is 4.68 Å². The van der Waals surface area contributed by atoms with Crippen LogP contribution in [0.4, 0.5) is 14.5 Å². The van der Waals surface area contributed by atoms with Crippen LogP contribution < -0.4 is 10.1 Å². The lowest BCUT2D eigenvalue weighted by molar-refractivity contribution is -0.0498. The Hall–Kier alpha value is -3.29. The summed E-state index contributed by atoms with van der Waals surface area (Å²) in [6.07, 6.45) is 0.512. The molecule has 0 aliphatic rings. The van der Waals surface area contributed by atoms with E-state index in [4.69, 9.17) is 0 Å². The topological polar surface area (TPSA) is 69.0 Å². The maximum absolute atomic E-state index is 12.7. The van der Waals surface area contributed by atoms with Crippen LogP contribution in [0.5, 0.6) is 5.75 Å². The van der Waals surface area contributed by atoms with Crippen LogP contribution in [0.1, 0.15) is 34.2 Å². The van der Waals surface area contributed by atoms with Crippen molar-refractivity contribution in [2.75, 3.05) is 5.32 Å². The summed E-state index contributed by atoms with van der Waals surface area (Å²) in [6.45, 7) is 2.90. The van der Waals surface area contributed by atoms with Crippen LogP contribution in [-0.2, 0) is 6.42 Å². The van der Waals surface area contributed by atoms with Gasteiger partial charge in [0.25, 0.3) is 5.91 Å². The van der Waals surface area contributed by atoms with Crippen molar-refractivity contribution in [3.63, 3.8) is 0 Å². The molecule has 0 saturated carbocycles. The van der Waals surface area contributed by atoms with E-state index in [1.807, 2.05) is 39.0 Å². The highest BCUT2D eigenvalue weighted by Gasteiger charge is 2.20. The average Bonchev–Trinajstić information content (AvgIpc) is 3.08. The van der Waals surface area contributed by atoms with Gasteiger partial charge in [0.2, 0.25) is 0 Å². The van der Waals surface area contributed by atoms with Gasteiger partial charge in [0.1, 0.15) is 5.75 Å². The molecule has 0 unspecified atom stereocenters. The number of amides is 1. The number of ether oxygens (including phenoxy) is 1. The Labute approximate surface area is 161 Å². The molecular weight excluding hydrogens is 366 g/mol. The minimum Gasteiger partial charge on any atom is -0.435 e. The summed E-state index contributed by atoms with van der Waals surface area (Å²) in [5.41, 5.74) is 4.20. The minimum absolute atomic E-state index is 0.0460. The van der Waals surface area contributed by atoms with Gasteiger partial charge in [-0.3, -0.25) is 4.79 Å². The molecule has 28 heavy (non-hydrogen) atoms. The molecule has 1 aromatic heterocycles. The molecule has 0 saturated heterocycles. The molecule has 0 atom stereocenters. The Morgan fingerprint density at radius 3 is 2.50 bits per heavy atom. The highest BCUT2D eigenvalue weighted by molar-refractivity contribution is 6.04. The van der Waals surface area contributed by atoms with E-state index >= 15 is 0 Å². The smallest absolute Gasteiger partial charge is 0.387 e. The van der Waals surface area contributed by atoms with Gasteiger partial charge in [-0.2, -0.15) is 8.78 Å². The molecule has 6 nitrogen and oxygen atoms in total. The number of aromatic nitrogens is 3. The summed E-state index contributed by atoms with van der Waals surface area (Å²) in [4.78, 5) is 12.7. The number of nitrogens with zero attached hydrogens (tertiary/aromatic N) is 3. The van der Waals surface area contributed by atoms with Crippen LogP contribution >= 0.6 is 0 Å². The fourth-order valence-corrected chi connectivity index (χ4v) is 2.91. The molecule has 2 aromatic carbocycles. The first-order valence-electron chi connectivity index (χ1n) is 8.77. The number of alkyl halides is 2. The van der Waals surface area contributed by atoms with Crippen LogP contribution in [0.2, 0.25) is 0 Å². The summed E-state index contributed by atoms with van der Waals surface area (Å²) in [5, 5.41) is 11.0. The van der Waals surface area contributed by atoms with Crippen LogP contribution in [0.3, 0.4) is 0 Å². The molecule has 0 spiro atoms. The molecule has 3 aromatic rings. The summed E-state index contributed by atoms with van der Waals surface area (Å²) in [5.74, 6) is -0.308. The number of hydrogen-bond donors (Lipinski definition) is 1. The first-order chi connectivity index (χ1) is 13.4. The van der Waals surface area contributed by atoms with E-state index in [9.17, 15) is 13.6 Å². The largest absolute Gasteiger partial charge is 0.435 e. The molecule has 146 valence electrons. The number of carbonyl (C=O) groups is 1. The zero-order valence-corrected chi connectivity index (χ0v) is 15.7. The summed E-state index contributed by atoms with van der Waals surface area (Å²) in [6, 6.07) is 11.7. The number of benzene rings is 2. The molecule has 0 bridgehead atoms. The highest BCUT2D eigenvalue weighted by Crippen LogP contribution is 2.21. The Morgan fingerprint density at radius 1 is 1.18 bits per heavy atom. The van der Waals surface area contributed by atoms with Gasteiger partial charge in [0.05, 0.1) is 11.4 Å². The quantitative estimate of drug-likeness (QED) is 0.686. The minimum atomic E-state index is -2.89. The van der Waals surface area contributed by atoms with E-state index in [1.165, 1.54) is 16.8 Å². The Balaban J connectivity index is 1.86. The second-order valence-electron chi connectivity index (χ2n) is 6.30. The highest BCUT2D eigenvalue weighted by atomic mass is 19.3. The van der Waals surface area contributed by atoms with E-state index < -0.39 is 6.61 Å². The number of rotatable bonds is 6. The lowest BCUT2D eigenvalue weighted by atomic mass is 10.1. The maximum atomic E-state index is 12.7. The fourth-order valence-electron chi connectivity index (χ4n) is 2.91. The standard InChI is InChI=1S/C20H20F2N4O2/c1-4-17-18(19(27)23-16-10-5-12(2)11-13(16)3)24-25-26(17)14-6-8-15(9-7-14)28-20(21)22/h5-11,20H,4H2,1-3H3,(H,23,27). The van der Waals surface area contributed by atoms with Crippen molar-refractivity contribution in [2.45, 2.75) is 33.8 Å². The van der Waals surface area contributed by atoms with E-state index in [1.54, 1.807) is 12.1 Å². The second kappa shape index (κ2) is 8.16. The van der Waals surface area contributed by atoms with Crippen molar-refractivity contribution >= 4 is 11.6 Å². The van der Waals surface area contributed by atoms with Crippen molar-refractivity contribution in [2.24, 2.45) is 0 Å². The molecule has 0 radical (unpaired) electrons. The van der Waals surface area contributed by atoms with Gasteiger partial charge in [-0.15, -0.1) is 5.10 Å². The van der Waals surface area contributed by atoms with Gasteiger partial charge >= 0.3 is 6.61 Å². The van der Waals surface area contributed by atoms with Crippen molar-refractivity contribution in [1.82, 2.24) is 15.0 Å². The van der Waals surface area contributed by atoms with Crippen LogP contribution in [0.25, 0.3) is 5.69 Å². The van der Waals surface area contributed by atoms with Crippen molar-refractivity contribution in [3.8, 4) is 11.4 Å². The predicted octanol–water partition coefficient (Wildman–Crippen LogP) is 4.30. The Bertz CT molecular complexity index is 984. The first-order valence-corrected chi connectivity index (χ1v) is 8.77. The molecule has 0 aliphatic heterocycles. The van der Waals surface area contributed by atoms with Crippen LogP contribution in [0, 0.1) is 13.8 Å². The van der Waals surface area contributed by atoms with E-state index in [0.29, 0.717) is 23.5 Å². The second-order valence-corrected chi connectivity index (χ2v) is 6.30. The summed E-state index contributed by atoms with van der Waals surface area (Å²) in [7, 11) is 0. The lowest BCUT2D eigenvalue weighted by Gasteiger charge is -2.10. The third-order valence-corrected chi connectivity index (χ3v) is 4.25. The van der Waals surface area contributed by atoms with Gasteiger partial charge in [-0.05, 0) is 56.2 Å². The number of carbonyl (C=O) groups excluding carboxylic acids is 1. The van der Waals surface area contributed by atoms with Crippen molar-refractivity contribution in [3.05, 3.63) is 65.0 Å². The summed E-state index contributed by atoms with van der Waals surface area (Å²) < 4.78 is 30.4. The lowest BCUT2D eigenvalue weighted by Crippen LogP contribution is -2.16. The van der Waals surface area contributed by atoms with Gasteiger partial charge in [0, 0.05) is 5.69 Å². The summed E-state index contributed by atoms with van der Waals surface area (Å²) >= 11 is 0. The number of anilines is 1. The van der Waals surface area contributed by atoms with Crippen LogP contribution in [-0.4, -0.2) is 27.5 Å². The van der Waals surface area contributed by atoms with Crippen molar-refractivity contribution in [1.29, 1.82) is 0 Å². The molecule has 3 rings (SSSR count). The Kier molecular flexibility index (Phi) is 5.67.